The number of aryl methyl sites for hydroxylation is 1. The van der Waals surface area contributed by atoms with Crippen molar-refractivity contribution in [2.24, 2.45) is 0 Å². The second-order valence-corrected chi connectivity index (χ2v) is 2.55. The van der Waals surface area contributed by atoms with Crippen LogP contribution in [0.3, 0.4) is 0 Å². The van der Waals surface area contributed by atoms with Crippen molar-refractivity contribution in [2.45, 2.75) is 13.5 Å². The van der Waals surface area contributed by atoms with Crippen LogP contribution in [-0.4, -0.2) is 14.2 Å². The minimum Gasteiger partial charge on any atom is -0.301 e. The first kappa shape index (κ1) is 7.09. The van der Waals surface area contributed by atoms with E-state index >= 15 is 0 Å². The normalized spacial score (nSPS) is 10.8. The van der Waals surface area contributed by atoms with Gasteiger partial charge in [-0.25, -0.2) is 4.68 Å². The third kappa shape index (κ3) is 0.845. The molecule has 0 aliphatic carbocycles. The fourth-order valence-electron chi connectivity index (χ4n) is 1.20. The molecule has 0 aromatic carbocycles. The first-order valence-electron chi connectivity index (χ1n) is 3.85. The Bertz CT molecular complexity index is 455. The van der Waals surface area contributed by atoms with Crippen molar-refractivity contribution in [1.82, 2.24) is 14.2 Å². The molecule has 2 aromatic rings. The highest BCUT2D eigenvalue weighted by Crippen LogP contribution is 1.94. The fraction of sp³-hybridized carbons (Fsp3) is 0.250. The lowest BCUT2D eigenvalue weighted by Crippen LogP contribution is -2.23. The summed E-state index contributed by atoms with van der Waals surface area (Å²) in [5.41, 5.74) is 0.636. The van der Waals surface area contributed by atoms with E-state index < -0.39 is 0 Å². The lowest BCUT2D eigenvalue weighted by Gasteiger charge is -1.99. The van der Waals surface area contributed by atoms with E-state index in [0.29, 0.717) is 12.1 Å². The molecule has 0 aliphatic heterocycles. The van der Waals surface area contributed by atoms with E-state index in [1.54, 1.807) is 16.8 Å². The molecule has 62 valence electrons. The van der Waals surface area contributed by atoms with Crippen molar-refractivity contribution in [2.75, 3.05) is 0 Å². The average Bonchev–Trinajstić information content (AvgIpc) is 2.53. The van der Waals surface area contributed by atoms with Crippen LogP contribution >= 0.6 is 0 Å². The van der Waals surface area contributed by atoms with Crippen molar-refractivity contribution in [3.05, 3.63) is 35.0 Å². The van der Waals surface area contributed by atoms with Crippen LogP contribution in [0.15, 0.2) is 29.5 Å². The van der Waals surface area contributed by atoms with Gasteiger partial charge >= 0.3 is 0 Å². The molecule has 0 saturated carbocycles. The summed E-state index contributed by atoms with van der Waals surface area (Å²) in [5.74, 6) is 0. The number of nitrogens with zero attached hydrogens (tertiary/aromatic N) is 3. The molecule has 0 aliphatic rings. The van der Waals surface area contributed by atoms with Gasteiger partial charge in [-0.1, -0.05) is 0 Å². The van der Waals surface area contributed by atoms with Gasteiger partial charge < -0.3 is 4.40 Å². The van der Waals surface area contributed by atoms with Gasteiger partial charge in [0, 0.05) is 12.7 Å². The summed E-state index contributed by atoms with van der Waals surface area (Å²) < 4.78 is 3.16. The maximum absolute atomic E-state index is 11.5. The van der Waals surface area contributed by atoms with Crippen LogP contribution in [0.1, 0.15) is 6.92 Å². The zero-order valence-electron chi connectivity index (χ0n) is 6.77. The zero-order chi connectivity index (χ0) is 8.55. The second kappa shape index (κ2) is 2.48. The van der Waals surface area contributed by atoms with Gasteiger partial charge in [0.05, 0.1) is 0 Å². The van der Waals surface area contributed by atoms with Crippen LogP contribution in [0.2, 0.25) is 0 Å². The van der Waals surface area contributed by atoms with Gasteiger partial charge in [-0.2, -0.15) is 5.10 Å². The van der Waals surface area contributed by atoms with Gasteiger partial charge in [0.2, 0.25) is 0 Å². The van der Waals surface area contributed by atoms with Crippen molar-refractivity contribution in [3.8, 4) is 0 Å². The molecule has 12 heavy (non-hydrogen) atoms. The van der Waals surface area contributed by atoms with Crippen LogP contribution in [0.4, 0.5) is 0 Å². The molecule has 0 N–H and O–H groups in total. The Morgan fingerprint density at radius 2 is 2.42 bits per heavy atom. The molecule has 0 fully saturated rings. The standard InChI is InChI=1S/C8H9N3O/c1-2-11-8(12)7-4-3-5-10(7)6-9-11/h3-6H,2H2,1H3. The summed E-state index contributed by atoms with van der Waals surface area (Å²) in [5, 5.41) is 3.96. The number of fused-ring (bicyclic) bond motifs is 1. The molecule has 0 bridgehead atoms. The van der Waals surface area contributed by atoms with Gasteiger partial charge in [-0.15, -0.1) is 0 Å². The van der Waals surface area contributed by atoms with Gasteiger partial charge in [-0.3, -0.25) is 4.79 Å². The first-order chi connectivity index (χ1) is 5.83. The summed E-state index contributed by atoms with van der Waals surface area (Å²) in [6.45, 7) is 2.51. The van der Waals surface area contributed by atoms with Crippen LogP contribution in [0.25, 0.3) is 5.52 Å². The summed E-state index contributed by atoms with van der Waals surface area (Å²) in [7, 11) is 0. The molecule has 0 unspecified atom stereocenters. The third-order valence-electron chi connectivity index (χ3n) is 1.85. The van der Waals surface area contributed by atoms with E-state index in [1.807, 2.05) is 19.2 Å². The lowest BCUT2D eigenvalue weighted by molar-refractivity contribution is 0.606. The molecule has 0 radical (unpaired) electrons. The molecular formula is C8H9N3O. The predicted molar refractivity (Wildman–Crippen MR) is 45.1 cm³/mol. The van der Waals surface area contributed by atoms with E-state index in [4.69, 9.17) is 0 Å². The molecule has 4 heteroatoms. The van der Waals surface area contributed by atoms with Crippen molar-refractivity contribution >= 4 is 5.52 Å². The molecular weight excluding hydrogens is 154 g/mol. The Morgan fingerprint density at radius 3 is 3.17 bits per heavy atom. The molecule has 4 nitrogen and oxygen atoms in total. The van der Waals surface area contributed by atoms with Gasteiger partial charge in [-0.05, 0) is 19.1 Å². The van der Waals surface area contributed by atoms with E-state index in [9.17, 15) is 4.79 Å². The highest BCUT2D eigenvalue weighted by molar-refractivity contribution is 5.43. The fourth-order valence-corrected chi connectivity index (χ4v) is 1.20. The van der Waals surface area contributed by atoms with E-state index in [2.05, 4.69) is 5.10 Å². The average molecular weight is 163 g/mol. The van der Waals surface area contributed by atoms with Crippen LogP contribution in [0, 0.1) is 0 Å². The van der Waals surface area contributed by atoms with Gasteiger partial charge in [0.1, 0.15) is 11.8 Å². The summed E-state index contributed by atoms with van der Waals surface area (Å²) in [4.78, 5) is 11.5. The second-order valence-electron chi connectivity index (χ2n) is 2.55. The molecule has 0 amide bonds. The Balaban J connectivity index is 2.88. The molecule has 0 atom stereocenters. The maximum atomic E-state index is 11.5. The Hall–Kier alpha value is -1.58. The lowest BCUT2D eigenvalue weighted by atomic mass is 10.5. The van der Waals surface area contributed by atoms with Crippen LogP contribution < -0.4 is 5.56 Å². The molecule has 0 saturated heterocycles. The highest BCUT2D eigenvalue weighted by Gasteiger charge is 1.99. The minimum absolute atomic E-state index is 0.0370. The number of hydrogen-bond donors (Lipinski definition) is 0. The van der Waals surface area contributed by atoms with Crippen molar-refractivity contribution in [1.29, 1.82) is 0 Å². The number of hydrogen-bond acceptors (Lipinski definition) is 2. The van der Waals surface area contributed by atoms with Crippen molar-refractivity contribution in [3.63, 3.8) is 0 Å². The first-order valence-corrected chi connectivity index (χ1v) is 3.85. The summed E-state index contributed by atoms with van der Waals surface area (Å²) >= 11 is 0. The smallest absolute Gasteiger partial charge is 0.290 e. The molecule has 2 heterocycles. The van der Waals surface area contributed by atoms with Gasteiger partial charge in [0.15, 0.2) is 0 Å². The van der Waals surface area contributed by atoms with Gasteiger partial charge in [0.25, 0.3) is 5.56 Å². The largest absolute Gasteiger partial charge is 0.301 e. The molecule has 2 aromatic heterocycles. The highest BCUT2D eigenvalue weighted by atomic mass is 16.1. The predicted octanol–water partition coefficient (Wildman–Crippen LogP) is 0.516. The molecule has 2 rings (SSSR count). The maximum Gasteiger partial charge on any atom is 0.290 e. The van der Waals surface area contributed by atoms with Crippen LogP contribution in [-0.2, 0) is 6.54 Å². The van der Waals surface area contributed by atoms with Crippen LogP contribution in [0.5, 0.6) is 0 Å². The topological polar surface area (TPSA) is 39.3 Å². The monoisotopic (exact) mass is 163 g/mol. The Morgan fingerprint density at radius 1 is 1.58 bits per heavy atom. The van der Waals surface area contributed by atoms with E-state index in [-0.39, 0.29) is 5.56 Å². The Labute approximate surface area is 69.1 Å². The summed E-state index contributed by atoms with van der Waals surface area (Å²) in [6.07, 6.45) is 3.45. The minimum atomic E-state index is -0.0370. The number of aromatic nitrogens is 3. The van der Waals surface area contributed by atoms with E-state index in [1.165, 1.54) is 4.68 Å². The SMILES string of the molecule is CCn1ncn2cccc2c1=O. The molecule has 0 spiro atoms. The van der Waals surface area contributed by atoms with E-state index in [0.717, 1.165) is 0 Å². The summed E-state index contributed by atoms with van der Waals surface area (Å²) in [6, 6.07) is 3.62. The zero-order valence-corrected chi connectivity index (χ0v) is 6.77. The quantitative estimate of drug-likeness (QED) is 0.614. The Kier molecular flexibility index (Phi) is 1.46. The van der Waals surface area contributed by atoms with Crippen molar-refractivity contribution < 1.29 is 0 Å². The number of rotatable bonds is 1. The third-order valence-corrected chi connectivity index (χ3v) is 1.85.